The van der Waals surface area contributed by atoms with Gasteiger partial charge in [0, 0.05) is 6.42 Å². The molecule has 3 atom stereocenters. The lowest BCUT2D eigenvalue weighted by atomic mass is 10.0. The molecular formula is C52H103NO4. The Balaban J connectivity index is 3.42. The SMILES string of the molecule is CCCCCCC/C=C/CCCC(O)C(O)C(CO)NC(=O)CCCCCCCCCCCCCCCCCCCCCCCCCCCCCCCCCCC. The lowest BCUT2D eigenvalue weighted by molar-refractivity contribution is -0.124. The number of unbranched alkanes of at least 4 members (excludes halogenated alkanes) is 38. The molecule has 0 aliphatic carbocycles. The summed E-state index contributed by atoms with van der Waals surface area (Å²) in [5.41, 5.74) is 0. The summed E-state index contributed by atoms with van der Waals surface area (Å²) in [7, 11) is 0. The van der Waals surface area contributed by atoms with Crippen LogP contribution in [0.25, 0.3) is 0 Å². The van der Waals surface area contributed by atoms with E-state index in [9.17, 15) is 20.1 Å². The summed E-state index contributed by atoms with van der Waals surface area (Å²) >= 11 is 0. The second-order valence-corrected chi connectivity index (χ2v) is 18.1. The summed E-state index contributed by atoms with van der Waals surface area (Å²) in [6.45, 7) is 4.16. The fourth-order valence-corrected chi connectivity index (χ4v) is 8.34. The molecular weight excluding hydrogens is 703 g/mol. The lowest BCUT2D eigenvalue weighted by Crippen LogP contribution is -2.50. The first-order valence-electron chi connectivity index (χ1n) is 26.0. The Morgan fingerprint density at radius 1 is 0.421 bits per heavy atom. The van der Waals surface area contributed by atoms with Crippen LogP contribution in [0.2, 0.25) is 0 Å². The Kier molecular flexibility index (Phi) is 47.0. The molecule has 0 aliphatic heterocycles. The quantitative estimate of drug-likeness (QED) is 0.0364. The number of amides is 1. The maximum absolute atomic E-state index is 12.4. The van der Waals surface area contributed by atoms with Crippen molar-refractivity contribution in [3.05, 3.63) is 12.2 Å². The summed E-state index contributed by atoms with van der Waals surface area (Å²) in [5.74, 6) is -0.150. The van der Waals surface area contributed by atoms with Crippen molar-refractivity contribution in [1.29, 1.82) is 0 Å². The monoisotopic (exact) mass is 806 g/mol. The van der Waals surface area contributed by atoms with E-state index >= 15 is 0 Å². The van der Waals surface area contributed by atoms with E-state index in [1.54, 1.807) is 0 Å². The minimum atomic E-state index is -1.15. The number of carbonyl (C=O) groups excluding carboxylic acids is 1. The van der Waals surface area contributed by atoms with Gasteiger partial charge in [0.05, 0.1) is 18.8 Å². The first-order valence-corrected chi connectivity index (χ1v) is 26.0. The van der Waals surface area contributed by atoms with Crippen molar-refractivity contribution in [3.8, 4) is 0 Å². The Labute approximate surface area is 357 Å². The van der Waals surface area contributed by atoms with Crippen molar-refractivity contribution >= 4 is 5.91 Å². The van der Waals surface area contributed by atoms with Crippen LogP contribution in [-0.2, 0) is 4.79 Å². The van der Waals surface area contributed by atoms with Gasteiger partial charge in [-0.2, -0.15) is 0 Å². The van der Waals surface area contributed by atoms with Gasteiger partial charge in [-0.1, -0.05) is 257 Å². The maximum Gasteiger partial charge on any atom is 0.220 e. The van der Waals surface area contributed by atoms with Crippen molar-refractivity contribution in [3.63, 3.8) is 0 Å². The Hall–Kier alpha value is -0.910. The predicted molar refractivity (Wildman–Crippen MR) is 250 cm³/mol. The Morgan fingerprint density at radius 3 is 1.02 bits per heavy atom. The molecule has 4 N–H and O–H groups in total. The van der Waals surface area contributed by atoms with Crippen LogP contribution in [0.1, 0.15) is 290 Å². The second-order valence-electron chi connectivity index (χ2n) is 18.1. The first kappa shape index (κ1) is 56.1. The molecule has 0 fully saturated rings. The highest BCUT2D eigenvalue weighted by Gasteiger charge is 2.26. The van der Waals surface area contributed by atoms with Gasteiger partial charge in [0.25, 0.3) is 0 Å². The molecule has 0 aromatic heterocycles. The van der Waals surface area contributed by atoms with E-state index in [-0.39, 0.29) is 12.5 Å². The van der Waals surface area contributed by atoms with Crippen LogP contribution in [0.15, 0.2) is 12.2 Å². The van der Waals surface area contributed by atoms with Crippen molar-refractivity contribution in [1.82, 2.24) is 5.32 Å². The van der Waals surface area contributed by atoms with Crippen LogP contribution >= 0.6 is 0 Å². The minimum absolute atomic E-state index is 0.150. The lowest BCUT2D eigenvalue weighted by Gasteiger charge is -2.26. The van der Waals surface area contributed by atoms with Gasteiger partial charge in [-0.25, -0.2) is 0 Å². The van der Waals surface area contributed by atoms with Crippen molar-refractivity contribution < 1.29 is 20.1 Å². The van der Waals surface area contributed by atoms with Crippen molar-refractivity contribution in [2.24, 2.45) is 0 Å². The van der Waals surface area contributed by atoms with E-state index in [1.807, 2.05) is 0 Å². The van der Waals surface area contributed by atoms with E-state index in [2.05, 4.69) is 31.3 Å². The first-order chi connectivity index (χ1) is 28.1. The van der Waals surface area contributed by atoms with E-state index < -0.39 is 18.2 Å². The molecule has 5 heteroatoms. The molecule has 0 aromatic rings. The summed E-state index contributed by atoms with van der Waals surface area (Å²) < 4.78 is 0. The number of carbonyl (C=O) groups is 1. The number of rotatable bonds is 48. The molecule has 0 aromatic carbocycles. The zero-order valence-corrected chi connectivity index (χ0v) is 38.7. The van der Waals surface area contributed by atoms with Crippen molar-refractivity contribution in [2.45, 2.75) is 308 Å². The van der Waals surface area contributed by atoms with Gasteiger partial charge in [-0.3, -0.25) is 4.79 Å². The van der Waals surface area contributed by atoms with Gasteiger partial charge >= 0.3 is 0 Å². The predicted octanol–water partition coefficient (Wildman–Crippen LogP) is 15.6. The summed E-state index contributed by atoms with van der Waals surface area (Å²) in [4.78, 5) is 12.4. The number of aliphatic hydroxyl groups is 3. The molecule has 0 aliphatic rings. The van der Waals surface area contributed by atoms with Gasteiger partial charge < -0.3 is 20.6 Å². The third-order valence-corrected chi connectivity index (χ3v) is 12.4. The highest BCUT2D eigenvalue weighted by Crippen LogP contribution is 2.18. The average molecular weight is 806 g/mol. The Bertz CT molecular complexity index is 803. The van der Waals surface area contributed by atoms with E-state index in [0.29, 0.717) is 12.8 Å². The fraction of sp³-hybridized carbons (Fsp3) is 0.942. The second kappa shape index (κ2) is 47.8. The summed E-state index contributed by atoms with van der Waals surface area (Å²) in [6.07, 6.45) is 58.1. The summed E-state index contributed by atoms with van der Waals surface area (Å²) in [5, 5.41) is 33.4. The van der Waals surface area contributed by atoms with Crippen LogP contribution < -0.4 is 5.32 Å². The van der Waals surface area contributed by atoms with Crippen LogP contribution in [0.4, 0.5) is 0 Å². The van der Waals surface area contributed by atoms with Crippen LogP contribution in [0.3, 0.4) is 0 Å². The molecule has 0 saturated heterocycles. The van der Waals surface area contributed by atoms with Gasteiger partial charge in [-0.15, -0.1) is 0 Å². The normalized spacial score (nSPS) is 13.4. The van der Waals surface area contributed by atoms with Gasteiger partial charge in [0.15, 0.2) is 0 Å². The van der Waals surface area contributed by atoms with Crippen LogP contribution in [0, 0.1) is 0 Å². The number of hydrogen-bond acceptors (Lipinski definition) is 4. The van der Waals surface area contributed by atoms with Crippen LogP contribution in [-0.4, -0.2) is 46.1 Å². The number of nitrogens with one attached hydrogen (secondary N) is 1. The molecule has 0 saturated carbocycles. The molecule has 1 amide bonds. The van der Waals surface area contributed by atoms with E-state index in [0.717, 1.165) is 38.5 Å². The molecule has 0 heterocycles. The zero-order chi connectivity index (χ0) is 41.5. The summed E-state index contributed by atoms with van der Waals surface area (Å²) in [6, 6.07) is -0.820. The smallest absolute Gasteiger partial charge is 0.220 e. The number of aliphatic hydroxyl groups excluding tert-OH is 3. The maximum atomic E-state index is 12.4. The zero-order valence-electron chi connectivity index (χ0n) is 38.7. The highest BCUT2D eigenvalue weighted by atomic mass is 16.3. The molecule has 0 spiro atoms. The molecule has 0 rings (SSSR count). The van der Waals surface area contributed by atoms with Gasteiger partial charge in [0.2, 0.25) is 5.91 Å². The standard InChI is InChI=1S/C52H103NO4/c1-3-5-7-9-11-13-15-16-17-18-19-20-21-22-23-24-25-26-27-28-29-30-31-32-33-34-35-36-37-39-41-43-45-47-51(56)53-49(48-54)52(57)50(55)46-44-42-40-38-14-12-10-8-6-4-2/h38,40,49-50,52,54-55,57H,3-37,39,41-48H2,1-2H3,(H,53,56)/b40-38+. The minimum Gasteiger partial charge on any atom is -0.394 e. The molecule has 0 radical (unpaired) electrons. The number of allylic oxidation sites excluding steroid dienone is 2. The molecule has 0 bridgehead atoms. The number of hydrogen-bond donors (Lipinski definition) is 4. The molecule has 5 nitrogen and oxygen atoms in total. The Morgan fingerprint density at radius 2 is 0.702 bits per heavy atom. The highest BCUT2D eigenvalue weighted by molar-refractivity contribution is 5.76. The third kappa shape index (κ3) is 43.0. The third-order valence-electron chi connectivity index (χ3n) is 12.4. The van der Waals surface area contributed by atoms with E-state index in [1.165, 1.54) is 225 Å². The molecule has 3 unspecified atom stereocenters. The molecule has 340 valence electrons. The largest absolute Gasteiger partial charge is 0.394 e. The fourth-order valence-electron chi connectivity index (χ4n) is 8.34. The topological polar surface area (TPSA) is 89.8 Å². The molecule has 57 heavy (non-hydrogen) atoms. The van der Waals surface area contributed by atoms with E-state index in [4.69, 9.17) is 0 Å². The van der Waals surface area contributed by atoms with Gasteiger partial charge in [-0.05, 0) is 38.5 Å². The van der Waals surface area contributed by atoms with Gasteiger partial charge in [0.1, 0.15) is 6.10 Å². The van der Waals surface area contributed by atoms with Crippen LogP contribution in [0.5, 0.6) is 0 Å². The average Bonchev–Trinajstić information content (AvgIpc) is 3.22. The van der Waals surface area contributed by atoms with Crippen molar-refractivity contribution in [2.75, 3.05) is 6.61 Å².